The fourth-order valence-corrected chi connectivity index (χ4v) is 2.91. The van der Waals surface area contributed by atoms with Gasteiger partial charge in [0.05, 0.1) is 5.41 Å². The Bertz CT molecular complexity index is 887. The van der Waals surface area contributed by atoms with Crippen LogP contribution < -0.4 is 0 Å². The second-order valence-electron chi connectivity index (χ2n) is 6.04. The van der Waals surface area contributed by atoms with Gasteiger partial charge < -0.3 is 9.26 Å². The molecule has 1 saturated carbocycles. The molecule has 1 aliphatic carbocycles. The Morgan fingerprint density at radius 1 is 1.12 bits per heavy atom. The van der Waals surface area contributed by atoms with Crippen LogP contribution in [-0.4, -0.2) is 16.1 Å². The number of ether oxygens (including phenoxy) is 1. The summed E-state index contributed by atoms with van der Waals surface area (Å²) >= 11 is 5.87. The molecule has 0 aliphatic heterocycles. The normalized spacial score (nSPS) is 14.9. The predicted octanol–water partition coefficient (Wildman–Crippen LogP) is 4.17. The minimum Gasteiger partial charge on any atom is -0.455 e. The third-order valence-corrected chi connectivity index (χ3v) is 4.62. The number of esters is 1. The van der Waals surface area contributed by atoms with Gasteiger partial charge in [0.15, 0.2) is 6.61 Å². The minimum atomic E-state index is -0.514. The minimum absolute atomic E-state index is 0.0337. The van der Waals surface area contributed by atoms with Gasteiger partial charge in [-0.05, 0) is 42.7 Å². The molecule has 0 atom stereocenters. The highest BCUT2D eigenvalue weighted by atomic mass is 35.5. The van der Waals surface area contributed by atoms with E-state index < -0.39 is 5.41 Å². The summed E-state index contributed by atoms with van der Waals surface area (Å²) < 4.78 is 10.6. The van der Waals surface area contributed by atoms with E-state index in [1.54, 1.807) is 24.3 Å². The molecule has 0 unspecified atom stereocenters. The number of carbonyl (C=O) groups is 1. The van der Waals surface area contributed by atoms with E-state index in [-0.39, 0.29) is 18.5 Å². The average molecular weight is 355 g/mol. The maximum atomic E-state index is 12.5. The third kappa shape index (κ3) is 3.15. The maximum Gasteiger partial charge on any atom is 0.317 e. The van der Waals surface area contributed by atoms with E-state index in [0.717, 1.165) is 24.0 Å². The van der Waals surface area contributed by atoms with Crippen LogP contribution in [0.1, 0.15) is 24.3 Å². The predicted molar refractivity (Wildman–Crippen MR) is 91.9 cm³/mol. The number of benzene rings is 2. The first-order valence-corrected chi connectivity index (χ1v) is 8.36. The van der Waals surface area contributed by atoms with Crippen molar-refractivity contribution in [2.24, 2.45) is 0 Å². The molecule has 0 spiro atoms. The van der Waals surface area contributed by atoms with Crippen LogP contribution >= 0.6 is 11.6 Å². The van der Waals surface area contributed by atoms with E-state index in [0.29, 0.717) is 10.8 Å². The number of carbonyl (C=O) groups excluding carboxylic acids is 1. The van der Waals surface area contributed by atoms with Gasteiger partial charge in [-0.15, -0.1) is 0 Å². The Kier molecular flexibility index (Phi) is 4.01. The lowest BCUT2D eigenvalue weighted by Crippen LogP contribution is -2.23. The van der Waals surface area contributed by atoms with Crippen LogP contribution in [0.4, 0.5) is 0 Å². The lowest BCUT2D eigenvalue weighted by atomic mass is 9.96. The third-order valence-electron chi connectivity index (χ3n) is 4.36. The van der Waals surface area contributed by atoms with Gasteiger partial charge in [-0.25, -0.2) is 0 Å². The zero-order chi connectivity index (χ0) is 17.3. The molecule has 4 rings (SSSR count). The molecule has 0 N–H and O–H groups in total. The first-order valence-electron chi connectivity index (χ1n) is 7.99. The van der Waals surface area contributed by atoms with E-state index in [4.69, 9.17) is 20.9 Å². The number of nitrogens with zero attached hydrogens (tertiary/aromatic N) is 2. The molecule has 1 aromatic heterocycles. The summed E-state index contributed by atoms with van der Waals surface area (Å²) in [6, 6.07) is 16.8. The molecule has 0 bridgehead atoms. The largest absolute Gasteiger partial charge is 0.455 e. The van der Waals surface area contributed by atoms with Gasteiger partial charge in [0, 0.05) is 10.6 Å². The molecule has 6 heteroatoms. The Morgan fingerprint density at radius 2 is 1.84 bits per heavy atom. The second-order valence-corrected chi connectivity index (χ2v) is 6.48. The lowest BCUT2D eigenvalue weighted by Gasteiger charge is -2.13. The van der Waals surface area contributed by atoms with E-state index in [1.165, 1.54) is 0 Å². The summed E-state index contributed by atoms with van der Waals surface area (Å²) in [4.78, 5) is 16.7. The summed E-state index contributed by atoms with van der Waals surface area (Å²) in [5.74, 6) is 0.457. The highest BCUT2D eigenvalue weighted by molar-refractivity contribution is 6.30. The first kappa shape index (κ1) is 15.8. The van der Waals surface area contributed by atoms with Crippen molar-refractivity contribution in [1.82, 2.24) is 10.1 Å². The summed E-state index contributed by atoms with van der Waals surface area (Å²) in [7, 11) is 0. The monoisotopic (exact) mass is 354 g/mol. The van der Waals surface area contributed by atoms with Gasteiger partial charge in [-0.3, -0.25) is 4.79 Å². The SMILES string of the molecule is O=C(OCc1nc(-c2ccc(Cl)cc2)no1)C1(c2ccccc2)CC1. The molecular weight excluding hydrogens is 340 g/mol. The number of rotatable bonds is 5. The van der Waals surface area contributed by atoms with Gasteiger partial charge in [0.25, 0.3) is 5.89 Å². The molecule has 0 amide bonds. The van der Waals surface area contributed by atoms with Crippen LogP contribution in [0.25, 0.3) is 11.4 Å². The number of hydrogen-bond donors (Lipinski definition) is 0. The van der Waals surface area contributed by atoms with Crippen LogP contribution in [0.5, 0.6) is 0 Å². The van der Waals surface area contributed by atoms with E-state index >= 15 is 0 Å². The molecule has 2 aromatic carbocycles. The first-order chi connectivity index (χ1) is 12.2. The van der Waals surface area contributed by atoms with Crippen molar-refractivity contribution in [3.05, 3.63) is 71.1 Å². The molecular formula is C19H15ClN2O3. The van der Waals surface area contributed by atoms with Crippen LogP contribution in [0.2, 0.25) is 5.02 Å². The van der Waals surface area contributed by atoms with Crippen LogP contribution in [0.15, 0.2) is 59.1 Å². The van der Waals surface area contributed by atoms with Crippen LogP contribution in [0, 0.1) is 0 Å². The Hall–Kier alpha value is -2.66. The van der Waals surface area contributed by atoms with Gasteiger partial charge in [0.2, 0.25) is 5.82 Å². The van der Waals surface area contributed by atoms with Crippen molar-refractivity contribution in [2.45, 2.75) is 24.9 Å². The second kappa shape index (κ2) is 6.33. The Balaban J connectivity index is 1.42. The van der Waals surface area contributed by atoms with Crippen molar-refractivity contribution in [3.8, 4) is 11.4 Å². The van der Waals surface area contributed by atoms with Crippen molar-refractivity contribution in [2.75, 3.05) is 0 Å². The Morgan fingerprint density at radius 3 is 2.52 bits per heavy atom. The molecule has 1 aliphatic rings. The number of hydrogen-bond acceptors (Lipinski definition) is 5. The summed E-state index contributed by atoms with van der Waals surface area (Å²) in [5.41, 5.74) is 1.27. The number of aromatic nitrogens is 2. The fraction of sp³-hybridized carbons (Fsp3) is 0.211. The molecule has 25 heavy (non-hydrogen) atoms. The zero-order valence-electron chi connectivity index (χ0n) is 13.3. The van der Waals surface area contributed by atoms with Crippen molar-refractivity contribution in [1.29, 1.82) is 0 Å². The average Bonchev–Trinajstić information content (AvgIpc) is 3.33. The van der Waals surface area contributed by atoms with Gasteiger partial charge in [-0.2, -0.15) is 4.98 Å². The van der Waals surface area contributed by atoms with E-state index in [1.807, 2.05) is 30.3 Å². The standard InChI is InChI=1S/C19H15ClN2O3/c20-15-8-6-13(7-9-15)17-21-16(25-22-17)12-24-18(23)19(10-11-19)14-4-2-1-3-5-14/h1-9H,10-12H2. The summed E-state index contributed by atoms with van der Waals surface area (Å²) in [6.45, 7) is -0.0337. The lowest BCUT2D eigenvalue weighted by molar-refractivity contribution is -0.148. The van der Waals surface area contributed by atoms with Crippen LogP contribution in [0.3, 0.4) is 0 Å². The molecule has 0 radical (unpaired) electrons. The molecule has 1 fully saturated rings. The summed E-state index contributed by atoms with van der Waals surface area (Å²) in [5, 5.41) is 4.55. The van der Waals surface area contributed by atoms with Crippen molar-refractivity contribution in [3.63, 3.8) is 0 Å². The zero-order valence-corrected chi connectivity index (χ0v) is 14.1. The van der Waals surface area contributed by atoms with E-state index in [9.17, 15) is 4.79 Å². The molecule has 5 nitrogen and oxygen atoms in total. The molecule has 1 heterocycles. The molecule has 126 valence electrons. The summed E-state index contributed by atoms with van der Waals surface area (Å²) in [6.07, 6.45) is 1.60. The highest BCUT2D eigenvalue weighted by Gasteiger charge is 2.52. The highest BCUT2D eigenvalue weighted by Crippen LogP contribution is 2.49. The fourth-order valence-electron chi connectivity index (χ4n) is 2.79. The number of halogens is 1. The van der Waals surface area contributed by atoms with Crippen LogP contribution in [-0.2, 0) is 21.6 Å². The van der Waals surface area contributed by atoms with E-state index in [2.05, 4.69) is 10.1 Å². The van der Waals surface area contributed by atoms with Gasteiger partial charge in [0.1, 0.15) is 0 Å². The topological polar surface area (TPSA) is 65.2 Å². The van der Waals surface area contributed by atoms with Crippen molar-refractivity contribution >= 4 is 17.6 Å². The van der Waals surface area contributed by atoms with Crippen molar-refractivity contribution < 1.29 is 14.1 Å². The van der Waals surface area contributed by atoms with Gasteiger partial charge in [-0.1, -0.05) is 47.1 Å². The molecule has 0 saturated heterocycles. The smallest absolute Gasteiger partial charge is 0.317 e. The maximum absolute atomic E-state index is 12.5. The quantitative estimate of drug-likeness (QED) is 0.643. The molecule has 3 aromatic rings. The Labute approximate surface area is 149 Å². The van der Waals surface area contributed by atoms with Gasteiger partial charge >= 0.3 is 5.97 Å².